The second-order valence-corrected chi connectivity index (χ2v) is 5.22. The Hall–Kier alpha value is -0.360. The lowest BCUT2D eigenvalue weighted by Crippen LogP contribution is -2.29. The van der Waals surface area contributed by atoms with Gasteiger partial charge in [-0.15, -0.1) is 0 Å². The Morgan fingerprint density at radius 3 is 2.80 bits per heavy atom. The van der Waals surface area contributed by atoms with E-state index in [1.165, 1.54) is 16.5 Å². The molecule has 4 heteroatoms. The summed E-state index contributed by atoms with van der Waals surface area (Å²) in [5.74, 6) is 1.12. The van der Waals surface area contributed by atoms with Crippen molar-refractivity contribution < 1.29 is 0 Å². The van der Waals surface area contributed by atoms with E-state index in [4.69, 9.17) is 0 Å². The van der Waals surface area contributed by atoms with Gasteiger partial charge in [0.1, 0.15) is 5.82 Å². The van der Waals surface area contributed by atoms with Crippen molar-refractivity contribution in [3.63, 3.8) is 0 Å². The first-order valence-electron chi connectivity index (χ1n) is 5.31. The van der Waals surface area contributed by atoms with Gasteiger partial charge in [0.25, 0.3) is 0 Å². The van der Waals surface area contributed by atoms with E-state index in [-0.39, 0.29) is 0 Å². The van der Waals surface area contributed by atoms with Crippen LogP contribution in [-0.2, 0) is 0 Å². The maximum absolute atomic E-state index is 4.47. The van der Waals surface area contributed by atoms with Crippen LogP contribution in [0.5, 0.6) is 0 Å². The van der Waals surface area contributed by atoms with Crippen LogP contribution in [0.4, 0.5) is 5.82 Å². The maximum Gasteiger partial charge on any atom is 0.128 e. The molecule has 0 saturated carbocycles. The van der Waals surface area contributed by atoms with Crippen LogP contribution >= 0.6 is 22.6 Å². The van der Waals surface area contributed by atoms with Crippen LogP contribution in [0.3, 0.4) is 0 Å². The van der Waals surface area contributed by atoms with Crippen LogP contribution < -0.4 is 4.90 Å². The molecule has 1 aliphatic rings. The van der Waals surface area contributed by atoms with Gasteiger partial charge in [0.2, 0.25) is 0 Å². The van der Waals surface area contributed by atoms with Gasteiger partial charge in [-0.25, -0.2) is 4.98 Å². The average molecular weight is 317 g/mol. The van der Waals surface area contributed by atoms with Crippen molar-refractivity contribution in [2.75, 3.05) is 38.1 Å². The molecule has 1 aliphatic heterocycles. The molecule has 0 aliphatic carbocycles. The van der Waals surface area contributed by atoms with E-state index < -0.39 is 0 Å². The van der Waals surface area contributed by atoms with Crippen LogP contribution in [0.15, 0.2) is 18.3 Å². The third-order valence-electron chi connectivity index (χ3n) is 2.76. The fraction of sp³-hybridized carbons (Fsp3) is 0.545. The number of pyridine rings is 1. The summed E-state index contributed by atoms with van der Waals surface area (Å²) in [5.41, 5.74) is 0. The standard InChI is InChI=1S/C11H16IN3/c1-14-5-2-6-15(8-7-14)11-4-3-10(12)9-13-11/h3-4,9H,2,5-8H2,1H3. The quantitative estimate of drug-likeness (QED) is 0.737. The predicted molar refractivity (Wildman–Crippen MR) is 71.3 cm³/mol. The lowest BCUT2D eigenvalue weighted by atomic mass is 10.3. The second kappa shape index (κ2) is 5.12. The molecule has 2 heterocycles. The number of likely N-dealkylation sites (N-methyl/N-ethyl adjacent to an activating group) is 1. The molecule has 0 bridgehead atoms. The number of hydrogen-bond acceptors (Lipinski definition) is 3. The molecule has 0 radical (unpaired) electrons. The van der Waals surface area contributed by atoms with E-state index in [2.05, 4.69) is 56.6 Å². The van der Waals surface area contributed by atoms with E-state index in [9.17, 15) is 0 Å². The Morgan fingerprint density at radius 2 is 2.07 bits per heavy atom. The molecule has 1 fully saturated rings. The predicted octanol–water partition coefficient (Wildman–Crippen LogP) is 1.83. The average Bonchev–Trinajstić information content (AvgIpc) is 2.44. The maximum atomic E-state index is 4.47. The summed E-state index contributed by atoms with van der Waals surface area (Å²) >= 11 is 2.29. The van der Waals surface area contributed by atoms with E-state index in [1.54, 1.807) is 0 Å². The highest BCUT2D eigenvalue weighted by molar-refractivity contribution is 14.1. The van der Waals surface area contributed by atoms with E-state index in [0.717, 1.165) is 25.5 Å². The molecule has 0 N–H and O–H groups in total. The summed E-state index contributed by atoms with van der Waals surface area (Å²) < 4.78 is 1.20. The fourth-order valence-electron chi connectivity index (χ4n) is 1.83. The van der Waals surface area contributed by atoms with E-state index >= 15 is 0 Å². The zero-order chi connectivity index (χ0) is 10.7. The zero-order valence-electron chi connectivity index (χ0n) is 8.99. The molecule has 0 spiro atoms. The minimum Gasteiger partial charge on any atom is -0.355 e. The molecule has 2 rings (SSSR count). The van der Waals surface area contributed by atoms with E-state index in [1.807, 2.05) is 6.20 Å². The molecule has 0 atom stereocenters. The number of rotatable bonds is 1. The Balaban J connectivity index is 2.06. The summed E-state index contributed by atoms with van der Waals surface area (Å²) in [6, 6.07) is 4.24. The topological polar surface area (TPSA) is 19.4 Å². The molecule has 1 saturated heterocycles. The van der Waals surface area contributed by atoms with Gasteiger partial charge in [-0.05, 0) is 54.7 Å². The first kappa shape index (κ1) is 11.1. The number of hydrogen-bond donors (Lipinski definition) is 0. The number of anilines is 1. The van der Waals surface area contributed by atoms with Gasteiger partial charge in [0.05, 0.1) is 0 Å². The molecule has 1 aromatic heterocycles. The van der Waals surface area contributed by atoms with Gasteiger partial charge in [0, 0.05) is 29.4 Å². The van der Waals surface area contributed by atoms with Crippen molar-refractivity contribution in [3.8, 4) is 0 Å². The van der Waals surface area contributed by atoms with Crippen LogP contribution in [0.25, 0.3) is 0 Å². The summed E-state index contributed by atoms with van der Waals surface area (Å²) in [6.45, 7) is 4.54. The van der Waals surface area contributed by atoms with Gasteiger partial charge >= 0.3 is 0 Å². The van der Waals surface area contributed by atoms with Crippen molar-refractivity contribution in [2.24, 2.45) is 0 Å². The van der Waals surface area contributed by atoms with Crippen LogP contribution in [0.1, 0.15) is 6.42 Å². The summed E-state index contributed by atoms with van der Waals surface area (Å²) in [4.78, 5) is 9.22. The highest BCUT2D eigenvalue weighted by Crippen LogP contribution is 2.14. The molecule has 82 valence electrons. The lowest BCUT2D eigenvalue weighted by Gasteiger charge is -2.21. The van der Waals surface area contributed by atoms with Gasteiger partial charge < -0.3 is 9.80 Å². The molecule has 0 unspecified atom stereocenters. The van der Waals surface area contributed by atoms with Crippen molar-refractivity contribution in [1.29, 1.82) is 0 Å². The SMILES string of the molecule is CN1CCCN(c2ccc(I)cn2)CC1. The number of nitrogens with zero attached hydrogens (tertiary/aromatic N) is 3. The van der Waals surface area contributed by atoms with Gasteiger partial charge in [0.15, 0.2) is 0 Å². The molecular weight excluding hydrogens is 301 g/mol. The first-order chi connectivity index (χ1) is 7.25. The van der Waals surface area contributed by atoms with E-state index in [0.29, 0.717) is 0 Å². The molecule has 15 heavy (non-hydrogen) atoms. The number of aromatic nitrogens is 1. The third kappa shape index (κ3) is 3.04. The highest BCUT2D eigenvalue weighted by Gasteiger charge is 2.12. The molecule has 1 aromatic rings. The largest absolute Gasteiger partial charge is 0.355 e. The Bertz CT molecular complexity index is 312. The minimum atomic E-state index is 1.09. The summed E-state index contributed by atoms with van der Waals surface area (Å²) in [6.07, 6.45) is 3.16. The minimum absolute atomic E-state index is 1.09. The molecule has 0 aromatic carbocycles. The van der Waals surface area contributed by atoms with Gasteiger partial charge in [-0.1, -0.05) is 0 Å². The first-order valence-corrected chi connectivity index (χ1v) is 6.38. The van der Waals surface area contributed by atoms with Crippen molar-refractivity contribution >= 4 is 28.4 Å². The third-order valence-corrected chi connectivity index (χ3v) is 3.39. The van der Waals surface area contributed by atoms with Crippen molar-refractivity contribution in [1.82, 2.24) is 9.88 Å². The van der Waals surface area contributed by atoms with Crippen molar-refractivity contribution in [3.05, 3.63) is 21.9 Å². The number of halogens is 1. The second-order valence-electron chi connectivity index (χ2n) is 3.98. The zero-order valence-corrected chi connectivity index (χ0v) is 11.1. The van der Waals surface area contributed by atoms with Crippen molar-refractivity contribution in [2.45, 2.75) is 6.42 Å². The molecule has 3 nitrogen and oxygen atoms in total. The summed E-state index contributed by atoms with van der Waals surface area (Å²) in [7, 11) is 2.19. The monoisotopic (exact) mass is 317 g/mol. The smallest absolute Gasteiger partial charge is 0.128 e. The van der Waals surface area contributed by atoms with Gasteiger partial charge in [-0.2, -0.15) is 0 Å². The molecule has 0 amide bonds. The Morgan fingerprint density at radius 1 is 1.20 bits per heavy atom. The molecular formula is C11H16IN3. The van der Waals surface area contributed by atoms with Crippen LogP contribution in [-0.4, -0.2) is 43.1 Å². The fourth-order valence-corrected chi connectivity index (χ4v) is 2.15. The van der Waals surface area contributed by atoms with Gasteiger partial charge in [-0.3, -0.25) is 0 Å². The van der Waals surface area contributed by atoms with Crippen LogP contribution in [0, 0.1) is 3.57 Å². The summed E-state index contributed by atoms with van der Waals surface area (Å²) in [5, 5.41) is 0. The lowest BCUT2D eigenvalue weighted by molar-refractivity contribution is 0.360. The Labute approximate surface area is 105 Å². The van der Waals surface area contributed by atoms with Crippen LogP contribution in [0.2, 0.25) is 0 Å². The normalized spacial score (nSPS) is 18.9. The Kier molecular flexibility index (Phi) is 3.80. The highest BCUT2D eigenvalue weighted by atomic mass is 127.